The molecule has 0 radical (unpaired) electrons. The fraction of sp³-hybridized carbons (Fsp3) is 0.520. The fourth-order valence-electron chi connectivity index (χ4n) is 5.89. The van der Waals surface area contributed by atoms with E-state index in [4.69, 9.17) is 9.40 Å². The van der Waals surface area contributed by atoms with Crippen LogP contribution in [0.1, 0.15) is 65.3 Å². The second-order valence-corrected chi connectivity index (χ2v) is 11.7. The van der Waals surface area contributed by atoms with Crippen LogP contribution in [0.15, 0.2) is 33.3 Å². The van der Waals surface area contributed by atoms with Crippen LogP contribution in [0.4, 0.5) is 0 Å². The SMILES string of the molecule is C=CCn1c(SCc2nc(C(=O)NC3CC4CCC3C4)co2)nc2sc3c(c2c1=O)CCCC3. The summed E-state index contributed by atoms with van der Waals surface area (Å²) < 4.78 is 7.28. The van der Waals surface area contributed by atoms with Crippen LogP contribution >= 0.6 is 23.1 Å². The topological polar surface area (TPSA) is 90.0 Å². The highest BCUT2D eigenvalue weighted by atomic mass is 32.2. The average molecular weight is 497 g/mol. The van der Waals surface area contributed by atoms with Crippen molar-refractivity contribution in [2.24, 2.45) is 11.8 Å². The van der Waals surface area contributed by atoms with Crippen LogP contribution in [0.5, 0.6) is 0 Å². The highest BCUT2D eigenvalue weighted by molar-refractivity contribution is 7.98. The number of hydrogen-bond donors (Lipinski definition) is 1. The molecule has 178 valence electrons. The average Bonchev–Trinajstić information content (AvgIpc) is 3.62. The van der Waals surface area contributed by atoms with Crippen molar-refractivity contribution in [1.29, 1.82) is 0 Å². The summed E-state index contributed by atoms with van der Waals surface area (Å²) in [5, 5.41) is 4.56. The lowest BCUT2D eigenvalue weighted by molar-refractivity contribution is 0.0917. The molecule has 34 heavy (non-hydrogen) atoms. The number of thiophene rings is 1. The predicted octanol–water partition coefficient (Wildman–Crippen LogP) is 4.72. The molecule has 6 rings (SSSR count). The summed E-state index contributed by atoms with van der Waals surface area (Å²) >= 11 is 3.05. The van der Waals surface area contributed by atoms with Gasteiger partial charge in [0.1, 0.15) is 11.1 Å². The van der Waals surface area contributed by atoms with Crippen molar-refractivity contribution in [2.45, 2.75) is 74.9 Å². The molecule has 1 N–H and O–H groups in total. The summed E-state index contributed by atoms with van der Waals surface area (Å²) in [4.78, 5) is 37.4. The van der Waals surface area contributed by atoms with Crippen LogP contribution in [0.2, 0.25) is 0 Å². The van der Waals surface area contributed by atoms with Crippen LogP contribution < -0.4 is 10.9 Å². The third kappa shape index (κ3) is 3.92. The van der Waals surface area contributed by atoms with E-state index in [-0.39, 0.29) is 17.5 Å². The molecule has 3 aliphatic carbocycles. The normalized spacial score (nSPS) is 23.4. The summed E-state index contributed by atoms with van der Waals surface area (Å²) in [5.74, 6) is 2.06. The third-order valence-corrected chi connectivity index (χ3v) is 9.66. The first-order valence-corrected chi connectivity index (χ1v) is 13.9. The molecule has 3 aromatic rings. The molecule has 7 nitrogen and oxygen atoms in total. The van der Waals surface area contributed by atoms with Gasteiger partial charge in [0, 0.05) is 17.5 Å². The molecule has 0 spiro atoms. The standard InChI is InChI=1S/C25H28N4O3S2/c1-2-9-29-24(31)21-16-5-3-4-6-19(16)34-23(21)28-25(29)33-13-20-26-18(12-32-20)22(30)27-17-11-14-7-8-15(17)10-14/h2,12,14-15,17H,1,3-11,13H2,(H,27,30). The van der Waals surface area contributed by atoms with Gasteiger partial charge in [-0.05, 0) is 62.3 Å². The van der Waals surface area contributed by atoms with E-state index in [1.54, 1.807) is 22.0 Å². The first kappa shape index (κ1) is 22.1. The smallest absolute Gasteiger partial charge is 0.273 e. The molecule has 0 aromatic carbocycles. The number of amides is 1. The largest absolute Gasteiger partial charge is 0.447 e. The highest BCUT2D eigenvalue weighted by Crippen LogP contribution is 2.44. The van der Waals surface area contributed by atoms with Gasteiger partial charge in [0.25, 0.3) is 11.5 Å². The Kier molecular flexibility index (Phi) is 5.85. The minimum Gasteiger partial charge on any atom is -0.447 e. The van der Waals surface area contributed by atoms with Crippen molar-refractivity contribution < 1.29 is 9.21 Å². The highest BCUT2D eigenvalue weighted by Gasteiger charge is 2.40. The van der Waals surface area contributed by atoms with Gasteiger partial charge in [0.05, 0.1) is 11.1 Å². The predicted molar refractivity (Wildman–Crippen MR) is 133 cm³/mol. The summed E-state index contributed by atoms with van der Waals surface area (Å²) in [7, 11) is 0. The van der Waals surface area contributed by atoms with E-state index in [1.165, 1.54) is 54.1 Å². The molecule has 3 unspecified atom stereocenters. The monoisotopic (exact) mass is 496 g/mol. The molecule has 3 aromatic heterocycles. The maximum atomic E-state index is 13.4. The van der Waals surface area contributed by atoms with Gasteiger partial charge in [0.2, 0.25) is 5.89 Å². The van der Waals surface area contributed by atoms with Gasteiger partial charge < -0.3 is 9.73 Å². The third-order valence-electron chi connectivity index (χ3n) is 7.52. The molecule has 2 fully saturated rings. The number of hydrogen-bond acceptors (Lipinski definition) is 7. The maximum absolute atomic E-state index is 13.4. The summed E-state index contributed by atoms with van der Waals surface area (Å²) in [6.45, 7) is 4.22. The number of aromatic nitrogens is 3. The molecule has 2 bridgehead atoms. The number of nitrogens with one attached hydrogen (secondary N) is 1. The van der Waals surface area contributed by atoms with Crippen molar-refractivity contribution in [1.82, 2.24) is 19.9 Å². The van der Waals surface area contributed by atoms with Gasteiger partial charge in [-0.25, -0.2) is 9.97 Å². The van der Waals surface area contributed by atoms with Crippen LogP contribution in [0.3, 0.4) is 0 Å². The summed E-state index contributed by atoms with van der Waals surface area (Å²) in [6.07, 6.45) is 12.3. The van der Waals surface area contributed by atoms with Crippen molar-refractivity contribution >= 4 is 39.2 Å². The Hall–Kier alpha value is -2.39. The number of oxazole rings is 1. The molecule has 2 saturated carbocycles. The van der Waals surface area contributed by atoms with Crippen LogP contribution in [-0.4, -0.2) is 26.5 Å². The number of thioether (sulfide) groups is 1. The minimum absolute atomic E-state index is 0.00475. The molecular formula is C25H28N4O3S2. The zero-order chi connectivity index (χ0) is 23.2. The van der Waals surface area contributed by atoms with Gasteiger partial charge >= 0.3 is 0 Å². The summed E-state index contributed by atoms with van der Waals surface area (Å²) in [6, 6.07) is 0.265. The first-order chi connectivity index (χ1) is 16.6. The lowest BCUT2D eigenvalue weighted by atomic mass is 9.95. The number of carbonyl (C=O) groups excluding carboxylic acids is 1. The van der Waals surface area contributed by atoms with Crippen LogP contribution in [0.25, 0.3) is 10.2 Å². The molecule has 0 aliphatic heterocycles. The Morgan fingerprint density at radius 3 is 2.97 bits per heavy atom. The lowest BCUT2D eigenvalue weighted by Gasteiger charge is -2.22. The van der Waals surface area contributed by atoms with E-state index >= 15 is 0 Å². The number of fused-ring (bicyclic) bond motifs is 5. The Bertz CT molecular complexity index is 1320. The zero-order valence-corrected chi connectivity index (χ0v) is 20.7. The molecule has 3 atom stereocenters. The lowest BCUT2D eigenvalue weighted by Crippen LogP contribution is -2.38. The summed E-state index contributed by atoms with van der Waals surface area (Å²) in [5.41, 5.74) is 1.51. The number of carbonyl (C=O) groups is 1. The van der Waals surface area contributed by atoms with Gasteiger partial charge in [0.15, 0.2) is 10.9 Å². The van der Waals surface area contributed by atoms with Gasteiger partial charge in [-0.3, -0.25) is 14.2 Å². The fourth-order valence-corrected chi connectivity index (χ4v) is 8.06. The Labute approximate surface area is 206 Å². The van der Waals surface area contributed by atoms with Crippen LogP contribution in [0, 0.1) is 11.8 Å². The van der Waals surface area contributed by atoms with Gasteiger partial charge in [-0.1, -0.05) is 24.3 Å². The Morgan fingerprint density at radius 1 is 1.29 bits per heavy atom. The zero-order valence-electron chi connectivity index (χ0n) is 19.0. The number of aryl methyl sites for hydroxylation is 2. The number of rotatable bonds is 7. The molecule has 9 heteroatoms. The van der Waals surface area contributed by atoms with E-state index in [1.807, 2.05) is 0 Å². The minimum atomic E-state index is -0.162. The van der Waals surface area contributed by atoms with E-state index in [9.17, 15) is 9.59 Å². The maximum Gasteiger partial charge on any atom is 0.273 e. The molecule has 3 heterocycles. The van der Waals surface area contributed by atoms with E-state index in [0.29, 0.717) is 35.0 Å². The molecular weight excluding hydrogens is 468 g/mol. The van der Waals surface area contributed by atoms with E-state index in [2.05, 4.69) is 16.9 Å². The number of nitrogens with zero attached hydrogens (tertiary/aromatic N) is 3. The van der Waals surface area contributed by atoms with Crippen molar-refractivity contribution in [2.75, 3.05) is 0 Å². The number of allylic oxidation sites excluding steroid dienone is 1. The van der Waals surface area contributed by atoms with Crippen molar-refractivity contribution in [3.8, 4) is 0 Å². The van der Waals surface area contributed by atoms with Crippen molar-refractivity contribution in [3.63, 3.8) is 0 Å². The second kappa shape index (κ2) is 9.00. The second-order valence-electron chi connectivity index (χ2n) is 9.66. The molecule has 1 amide bonds. The molecule has 0 saturated heterocycles. The van der Waals surface area contributed by atoms with E-state index < -0.39 is 0 Å². The quantitative estimate of drug-likeness (QED) is 0.289. The Balaban J connectivity index is 1.19. The van der Waals surface area contributed by atoms with Gasteiger partial charge in [-0.2, -0.15) is 0 Å². The molecule has 3 aliphatic rings. The van der Waals surface area contributed by atoms with Crippen LogP contribution in [-0.2, 0) is 25.1 Å². The Morgan fingerprint density at radius 2 is 2.18 bits per heavy atom. The van der Waals surface area contributed by atoms with Crippen molar-refractivity contribution in [3.05, 3.63) is 51.3 Å². The first-order valence-electron chi connectivity index (χ1n) is 12.1. The van der Waals surface area contributed by atoms with Gasteiger partial charge in [-0.15, -0.1) is 17.9 Å². The van der Waals surface area contributed by atoms with E-state index in [0.717, 1.165) is 41.8 Å².